The number of nitriles is 10. The molecule has 0 bridgehead atoms. The number of nitrogens with zero attached hydrogens (tertiary/aromatic N) is 12. The highest BCUT2D eigenvalue weighted by atomic mass is 15.0. The van der Waals surface area contributed by atoms with E-state index in [1.807, 2.05) is 91.0 Å². The SMILES string of the molecule is N#Cc1cccc(-c2c(-n3c4ccc(-c5ccc(C#N)cc5C#N)cc4c4cc(-c5ccc(C#N)cc5C#N)ccc43)cc(C#N)cc2-n2c3ccc(-c4ccc(C#N)cc4C#N)cc3c3cc(-c4ccc(C#N)cc4C#N)ccc32)c1. The van der Waals surface area contributed by atoms with Gasteiger partial charge in [-0.3, -0.25) is 0 Å². The maximum Gasteiger partial charge on any atom is 0.0998 e. The van der Waals surface area contributed by atoms with Crippen molar-refractivity contribution in [3.63, 3.8) is 0 Å². The summed E-state index contributed by atoms with van der Waals surface area (Å²) in [6, 6.07) is 76.3. The van der Waals surface area contributed by atoms with E-state index in [1.165, 1.54) is 0 Å². The van der Waals surface area contributed by atoms with Gasteiger partial charge in [-0.05, 0) is 171 Å². The Kier molecular flexibility index (Phi) is 12.1. The first-order chi connectivity index (χ1) is 40.2. The highest BCUT2D eigenvalue weighted by Gasteiger charge is 2.26. The second-order valence-electron chi connectivity index (χ2n) is 19.2. The molecule has 0 aliphatic rings. The van der Waals surface area contributed by atoms with Crippen molar-refractivity contribution < 1.29 is 0 Å². The van der Waals surface area contributed by atoms with E-state index in [0.29, 0.717) is 139 Å². The molecule has 0 saturated carbocycles. The van der Waals surface area contributed by atoms with Crippen molar-refractivity contribution in [1.82, 2.24) is 9.13 Å². The van der Waals surface area contributed by atoms with Crippen molar-refractivity contribution in [3.05, 3.63) is 238 Å². The molecule has 0 fully saturated rings. The normalized spacial score (nSPS) is 10.6. The van der Waals surface area contributed by atoms with Crippen LogP contribution in [0, 0.1) is 113 Å². The van der Waals surface area contributed by atoms with Gasteiger partial charge in [0.2, 0.25) is 0 Å². The van der Waals surface area contributed by atoms with Crippen LogP contribution in [0.15, 0.2) is 182 Å². The Morgan fingerprint density at radius 1 is 0.232 bits per heavy atom. The van der Waals surface area contributed by atoms with Gasteiger partial charge >= 0.3 is 0 Å². The first-order valence-corrected chi connectivity index (χ1v) is 25.2. The van der Waals surface area contributed by atoms with Gasteiger partial charge in [-0.1, -0.05) is 60.7 Å². The molecule has 0 saturated heterocycles. The van der Waals surface area contributed by atoms with E-state index in [1.54, 1.807) is 91.0 Å². The Labute approximate surface area is 468 Å². The molecular weight excluding hydrogens is 1010 g/mol. The molecule has 10 aromatic carbocycles. The molecule has 12 aromatic rings. The highest BCUT2D eigenvalue weighted by Crippen LogP contribution is 2.46. The minimum absolute atomic E-state index is 0.289. The predicted molar refractivity (Wildman–Crippen MR) is 309 cm³/mol. The molecule has 370 valence electrons. The van der Waals surface area contributed by atoms with E-state index in [2.05, 4.69) is 69.8 Å². The van der Waals surface area contributed by atoms with Crippen molar-refractivity contribution in [2.75, 3.05) is 0 Å². The number of hydrogen-bond acceptors (Lipinski definition) is 10. The van der Waals surface area contributed by atoms with Crippen LogP contribution in [0.25, 0.3) is 111 Å². The number of hydrogen-bond donors (Lipinski definition) is 0. The molecule has 12 nitrogen and oxygen atoms in total. The van der Waals surface area contributed by atoms with E-state index in [0.717, 1.165) is 21.5 Å². The lowest BCUT2D eigenvalue weighted by Gasteiger charge is -2.21. The zero-order valence-corrected chi connectivity index (χ0v) is 42.7. The van der Waals surface area contributed by atoms with Crippen LogP contribution in [-0.2, 0) is 0 Å². The summed E-state index contributed by atoms with van der Waals surface area (Å²) < 4.78 is 4.13. The van der Waals surface area contributed by atoms with Gasteiger partial charge in [0.15, 0.2) is 0 Å². The molecule has 12 heteroatoms. The van der Waals surface area contributed by atoms with E-state index < -0.39 is 0 Å². The maximum atomic E-state index is 11.2. The average molecular weight is 1040 g/mol. The monoisotopic (exact) mass is 1040 g/mol. The highest BCUT2D eigenvalue weighted by molar-refractivity contribution is 6.15. The van der Waals surface area contributed by atoms with Crippen molar-refractivity contribution >= 4 is 43.6 Å². The van der Waals surface area contributed by atoms with Gasteiger partial charge in [0.1, 0.15) is 0 Å². The molecule has 0 aliphatic heterocycles. The Morgan fingerprint density at radius 2 is 0.524 bits per heavy atom. The fraction of sp³-hybridized carbons (Fsp3) is 0. The number of fused-ring (bicyclic) bond motifs is 6. The summed E-state index contributed by atoms with van der Waals surface area (Å²) in [5.74, 6) is 0. The minimum Gasteiger partial charge on any atom is -0.308 e. The van der Waals surface area contributed by atoms with Gasteiger partial charge < -0.3 is 9.13 Å². The second kappa shape index (κ2) is 20.0. The largest absolute Gasteiger partial charge is 0.308 e. The summed E-state index contributed by atoms with van der Waals surface area (Å²) in [4.78, 5) is 0. The van der Waals surface area contributed by atoms with Crippen LogP contribution < -0.4 is 0 Å². The first kappa shape index (κ1) is 49.6. The van der Waals surface area contributed by atoms with Gasteiger partial charge in [0.05, 0.1) is 150 Å². The third-order valence-corrected chi connectivity index (χ3v) is 14.8. The molecular formula is C70H30N12. The van der Waals surface area contributed by atoms with Crippen molar-refractivity contribution in [2.24, 2.45) is 0 Å². The quantitative estimate of drug-likeness (QED) is 0.146. The standard InChI is InChI=1S/C70H30N12/c71-31-41-2-1-3-51(20-41)70-68(81-64-16-8-47(56-12-4-42(32-72)21-52(56)37-77)27-60(64)61-28-48(9-17-65(61)81)57-13-5-43(33-73)22-53(57)38-78)25-46(36-76)26-69(70)82-66-18-10-49(58-14-6-44(34-74)23-54(58)39-79)29-62(66)63-30-50(11-19-67(63)82)59-15-7-45(35-75)24-55(59)40-80/h1-30H. The van der Waals surface area contributed by atoms with E-state index in [9.17, 15) is 52.6 Å². The first-order valence-electron chi connectivity index (χ1n) is 25.2. The van der Waals surface area contributed by atoms with Gasteiger partial charge in [0.25, 0.3) is 0 Å². The zero-order chi connectivity index (χ0) is 56.8. The molecule has 0 unspecified atom stereocenters. The average Bonchev–Trinajstić information content (AvgIpc) is 2.31. The molecule has 2 heterocycles. The lowest BCUT2D eigenvalue weighted by Crippen LogP contribution is -2.05. The number of rotatable bonds is 7. The molecule has 0 amide bonds. The van der Waals surface area contributed by atoms with Crippen LogP contribution in [0.4, 0.5) is 0 Å². The summed E-state index contributed by atoms with van der Waals surface area (Å²) in [7, 11) is 0. The van der Waals surface area contributed by atoms with Crippen LogP contribution in [0.5, 0.6) is 0 Å². The Balaban J connectivity index is 1.21. The fourth-order valence-electron chi connectivity index (χ4n) is 11.1. The van der Waals surface area contributed by atoms with E-state index >= 15 is 0 Å². The van der Waals surface area contributed by atoms with E-state index in [4.69, 9.17) is 0 Å². The van der Waals surface area contributed by atoms with Gasteiger partial charge in [-0.15, -0.1) is 0 Å². The molecule has 12 rings (SSSR count). The third kappa shape index (κ3) is 8.09. The Bertz CT molecular complexity index is 4750. The topological polar surface area (TPSA) is 248 Å². The third-order valence-electron chi connectivity index (χ3n) is 14.8. The Morgan fingerprint density at radius 3 is 0.805 bits per heavy atom. The van der Waals surface area contributed by atoms with Crippen LogP contribution >= 0.6 is 0 Å². The molecule has 82 heavy (non-hydrogen) atoms. The maximum absolute atomic E-state index is 11.2. The summed E-state index contributed by atoms with van der Waals surface area (Å²) in [5, 5.41) is 105. The van der Waals surface area contributed by atoms with Crippen LogP contribution in [0.2, 0.25) is 0 Å². The lowest BCUT2D eigenvalue weighted by molar-refractivity contribution is 1.13. The van der Waals surface area contributed by atoms with Crippen LogP contribution in [0.1, 0.15) is 55.6 Å². The number of aromatic nitrogens is 2. The van der Waals surface area contributed by atoms with Crippen LogP contribution in [0.3, 0.4) is 0 Å². The predicted octanol–water partition coefficient (Wildman–Crippen LogP) is 14.9. The molecule has 2 aromatic heterocycles. The molecule has 0 aliphatic carbocycles. The molecule has 0 N–H and O–H groups in total. The Hall–Kier alpha value is -13.3. The van der Waals surface area contributed by atoms with Gasteiger partial charge in [0, 0.05) is 27.1 Å². The zero-order valence-electron chi connectivity index (χ0n) is 42.7. The minimum atomic E-state index is 0.289. The fourth-order valence-corrected chi connectivity index (χ4v) is 11.1. The summed E-state index contributed by atoms with van der Waals surface area (Å²) >= 11 is 0. The summed E-state index contributed by atoms with van der Waals surface area (Å²) in [6.45, 7) is 0. The van der Waals surface area contributed by atoms with Gasteiger partial charge in [-0.25, -0.2) is 0 Å². The lowest BCUT2D eigenvalue weighted by atomic mass is 9.95. The molecule has 0 spiro atoms. The molecule has 0 atom stereocenters. The number of benzene rings is 10. The molecule has 0 radical (unpaired) electrons. The van der Waals surface area contributed by atoms with Crippen molar-refractivity contribution in [3.8, 4) is 128 Å². The van der Waals surface area contributed by atoms with Crippen LogP contribution in [-0.4, -0.2) is 9.13 Å². The summed E-state index contributed by atoms with van der Waals surface area (Å²) in [6.07, 6.45) is 0. The second-order valence-corrected chi connectivity index (χ2v) is 19.2. The summed E-state index contributed by atoms with van der Waals surface area (Å²) in [5.41, 5.74) is 13.6. The van der Waals surface area contributed by atoms with Crippen molar-refractivity contribution in [1.29, 1.82) is 52.6 Å². The van der Waals surface area contributed by atoms with Gasteiger partial charge in [-0.2, -0.15) is 52.6 Å². The van der Waals surface area contributed by atoms with Crippen molar-refractivity contribution in [2.45, 2.75) is 0 Å². The van der Waals surface area contributed by atoms with E-state index in [-0.39, 0.29) is 5.56 Å². The smallest absolute Gasteiger partial charge is 0.0998 e.